The highest BCUT2D eigenvalue weighted by Crippen LogP contribution is 2.52. The number of hydrogen-bond donors (Lipinski definition) is 1. The summed E-state index contributed by atoms with van der Waals surface area (Å²) in [5.74, 6) is -1.89. The number of hydrogen-bond acceptors (Lipinski definition) is 3. The lowest BCUT2D eigenvalue weighted by molar-refractivity contribution is -0.314. The highest BCUT2D eigenvalue weighted by atomic mass is 16.4. The third-order valence-electron chi connectivity index (χ3n) is 5.88. The SMILES string of the molecule is Cc1ccc([C@@H](C)NC(=O)[C@H]2[C@@H]3CC[C@@H](C3)[C@@H]2C(=O)[O-])cc1C. The summed E-state index contributed by atoms with van der Waals surface area (Å²) in [5.41, 5.74) is 3.46. The van der Waals surface area contributed by atoms with Gasteiger partial charge in [0, 0.05) is 17.8 Å². The van der Waals surface area contributed by atoms with Gasteiger partial charge in [-0.25, -0.2) is 0 Å². The Bertz CT molecular complexity index is 640. The van der Waals surface area contributed by atoms with Gasteiger partial charge in [0.05, 0.1) is 6.04 Å². The molecule has 0 aliphatic heterocycles. The molecule has 124 valence electrons. The van der Waals surface area contributed by atoms with Crippen LogP contribution in [0, 0.1) is 37.5 Å². The molecule has 2 aliphatic rings. The van der Waals surface area contributed by atoms with Crippen LogP contribution >= 0.6 is 0 Å². The van der Waals surface area contributed by atoms with Crippen LogP contribution in [-0.2, 0) is 9.59 Å². The zero-order valence-corrected chi connectivity index (χ0v) is 14.0. The van der Waals surface area contributed by atoms with Crippen molar-refractivity contribution >= 4 is 11.9 Å². The number of benzene rings is 1. The van der Waals surface area contributed by atoms with E-state index >= 15 is 0 Å². The second kappa shape index (κ2) is 5.99. The van der Waals surface area contributed by atoms with Crippen molar-refractivity contribution in [3.05, 3.63) is 34.9 Å². The van der Waals surface area contributed by atoms with Gasteiger partial charge in [-0.3, -0.25) is 4.79 Å². The summed E-state index contributed by atoms with van der Waals surface area (Å²) in [6.45, 7) is 6.06. The largest absolute Gasteiger partial charge is 0.550 e. The number of aryl methyl sites for hydroxylation is 2. The van der Waals surface area contributed by atoms with E-state index in [1.165, 1.54) is 11.1 Å². The minimum Gasteiger partial charge on any atom is -0.550 e. The molecule has 0 radical (unpaired) electrons. The van der Waals surface area contributed by atoms with Gasteiger partial charge in [0.25, 0.3) is 0 Å². The summed E-state index contributed by atoms with van der Waals surface area (Å²) in [6, 6.07) is 6.03. The standard InChI is InChI=1S/C19H25NO3/c1-10-4-5-13(8-11(10)2)12(3)20-18(21)16-14-6-7-15(9-14)17(16)19(22)23/h4-5,8,12,14-17H,6-7,9H2,1-3H3,(H,20,21)(H,22,23)/p-1/t12-,14-,15+,16+,17+/m1/s1. The van der Waals surface area contributed by atoms with Crippen molar-refractivity contribution in [2.45, 2.75) is 46.1 Å². The molecule has 0 aromatic heterocycles. The minimum absolute atomic E-state index is 0.122. The van der Waals surface area contributed by atoms with Crippen molar-refractivity contribution in [1.29, 1.82) is 0 Å². The van der Waals surface area contributed by atoms with Crippen molar-refractivity contribution in [1.82, 2.24) is 5.32 Å². The van der Waals surface area contributed by atoms with Crippen LogP contribution < -0.4 is 10.4 Å². The highest BCUT2D eigenvalue weighted by molar-refractivity contribution is 5.85. The molecule has 2 aliphatic carbocycles. The van der Waals surface area contributed by atoms with Crippen LogP contribution in [0.2, 0.25) is 0 Å². The lowest BCUT2D eigenvalue weighted by Gasteiger charge is -2.31. The van der Waals surface area contributed by atoms with E-state index < -0.39 is 17.8 Å². The van der Waals surface area contributed by atoms with E-state index in [1.807, 2.05) is 13.0 Å². The third-order valence-corrected chi connectivity index (χ3v) is 5.88. The summed E-state index contributed by atoms with van der Waals surface area (Å²) in [4.78, 5) is 24.1. The molecular weight excluding hydrogens is 290 g/mol. The topological polar surface area (TPSA) is 69.2 Å². The van der Waals surface area contributed by atoms with Gasteiger partial charge in [0.2, 0.25) is 5.91 Å². The fraction of sp³-hybridized carbons (Fsp3) is 0.579. The first kappa shape index (κ1) is 16.0. The van der Waals surface area contributed by atoms with Crippen LogP contribution in [0.5, 0.6) is 0 Å². The Kier molecular flexibility index (Phi) is 4.17. The van der Waals surface area contributed by atoms with E-state index in [4.69, 9.17) is 0 Å². The van der Waals surface area contributed by atoms with Crippen LogP contribution in [0.3, 0.4) is 0 Å². The number of carboxylic acids is 1. The van der Waals surface area contributed by atoms with Gasteiger partial charge in [0.15, 0.2) is 0 Å². The first-order chi connectivity index (χ1) is 10.9. The normalized spacial score (nSPS) is 30.2. The van der Waals surface area contributed by atoms with Crippen LogP contribution in [0.4, 0.5) is 0 Å². The number of rotatable bonds is 4. The molecule has 4 heteroatoms. The number of nitrogens with one attached hydrogen (secondary N) is 1. The molecule has 0 spiro atoms. The van der Waals surface area contributed by atoms with Gasteiger partial charge < -0.3 is 15.2 Å². The average molecular weight is 314 g/mol. The molecule has 0 heterocycles. The van der Waals surface area contributed by atoms with E-state index in [0.717, 1.165) is 24.8 Å². The quantitative estimate of drug-likeness (QED) is 0.923. The molecule has 1 aromatic carbocycles. The second-order valence-electron chi connectivity index (χ2n) is 7.28. The van der Waals surface area contributed by atoms with Gasteiger partial charge in [-0.15, -0.1) is 0 Å². The van der Waals surface area contributed by atoms with Gasteiger partial charge in [-0.1, -0.05) is 18.2 Å². The fourth-order valence-electron chi connectivity index (χ4n) is 4.43. The summed E-state index contributed by atoms with van der Waals surface area (Å²) in [5, 5.41) is 14.5. The number of carboxylic acid groups (broad SMARTS) is 1. The Labute approximate surface area is 137 Å². The molecule has 1 N–H and O–H groups in total. The average Bonchev–Trinajstić information content (AvgIpc) is 3.10. The Hall–Kier alpha value is -1.84. The predicted octanol–water partition coefficient (Wildman–Crippen LogP) is 1.89. The summed E-state index contributed by atoms with van der Waals surface area (Å²) in [6.07, 6.45) is 2.74. The van der Waals surface area contributed by atoms with Crippen molar-refractivity contribution in [2.75, 3.05) is 0 Å². The molecule has 2 bridgehead atoms. The number of carbonyl (C=O) groups excluding carboxylic acids is 2. The van der Waals surface area contributed by atoms with E-state index in [2.05, 4.69) is 31.3 Å². The number of fused-ring (bicyclic) bond motifs is 2. The summed E-state index contributed by atoms with van der Waals surface area (Å²) in [7, 11) is 0. The molecule has 0 saturated heterocycles. The molecular formula is C19H24NO3-. The lowest BCUT2D eigenvalue weighted by Crippen LogP contribution is -2.46. The maximum Gasteiger partial charge on any atom is 0.224 e. The van der Waals surface area contributed by atoms with Crippen LogP contribution in [-0.4, -0.2) is 11.9 Å². The van der Waals surface area contributed by atoms with Crippen molar-refractivity contribution in [3.63, 3.8) is 0 Å². The first-order valence-corrected chi connectivity index (χ1v) is 8.47. The maximum atomic E-state index is 12.7. The van der Waals surface area contributed by atoms with Gasteiger partial charge in [0.1, 0.15) is 0 Å². The molecule has 3 rings (SSSR count). The Morgan fingerprint density at radius 1 is 1.13 bits per heavy atom. The number of carbonyl (C=O) groups is 2. The van der Waals surface area contributed by atoms with Crippen LogP contribution in [0.1, 0.15) is 48.9 Å². The molecule has 1 aromatic rings. The van der Waals surface area contributed by atoms with Crippen molar-refractivity contribution < 1.29 is 14.7 Å². The fourth-order valence-corrected chi connectivity index (χ4v) is 4.43. The molecule has 5 atom stereocenters. The summed E-state index contributed by atoms with van der Waals surface area (Å²) < 4.78 is 0. The highest BCUT2D eigenvalue weighted by Gasteiger charge is 2.51. The molecule has 2 saturated carbocycles. The van der Waals surface area contributed by atoms with E-state index in [1.54, 1.807) is 0 Å². The summed E-state index contributed by atoms with van der Waals surface area (Å²) >= 11 is 0. The van der Waals surface area contributed by atoms with Gasteiger partial charge in [-0.2, -0.15) is 0 Å². The molecule has 2 fully saturated rings. The Balaban J connectivity index is 1.73. The molecule has 4 nitrogen and oxygen atoms in total. The van der Waals surface area contributed by atoms with E-state index in [0.29, 0.717) is 0 Å². The number of aliphatic carboxylic acids is 1. The predicted molar refractivity (Wildman–Crippen MR) is 85.3 cm³/mol. The number of amides is 1. The monoisotopic (exact) mass is 314 g/mol. The Morgan fingerprint density at radius 2 is 1.78 bits per heavy atom. The maximum absolute atomic E-state index is 12.7. The molecule has 0 unspecified atom stereocenters. The van der Waals surface area contributed by atoms with Gasteiger partial charge >= 0.3 is 0 Å². The molecule has 1 amide bonds. The van der Waals surface area contributed by atoms with Crippen LogP contribution in [0.25, 0.3) is 0 Å². The smallest absolute Gasteiger partial charge is 0.224 e. The first-order valence-electron chi connectivity index (χ1n) is 8.47. The van der Waals surface area contributed by atoms with E-state index in [9.17, 15) is 14.7 Å². The van der Waals surface area contributed by atoms with E-state index in [-0.39, 0.29) is 23.8 Å². The van der Waals surface area contributed by atoms with Crippen molar-refractivity contribution in [2.24, 2.45) is 23.7 Å². The zero-order valence-electron chi connectivity index (χ0n) is 14.0. The van der Waals surface area contributed by atoms with Gasteiger partial charge in [-0.05, 0) is 68.6 Å². The third kappa shape index (κ3) is 2.87. The zero-order chi connectivity index (χ0) is 16.7. The lowest BCUT2D eigenvalue weighted by atomic mass is 9.78. The second-order valence-corrected chi connectivity index (χ2v) is 7.28. The minimum atomic E-state index is -1.06. The molecule has 23 heavy (non-hydrogen) atoms. The Morgan fingerprint density at radius 3 is 2.39 bits per heavy atom. The van der Waals surface area contributed by atoms with Crippen molar-refractivity contribution in [3.8, 4) is 0 Å². The van der Waals surface area contributed by atoms with Crippen LogP contribution in [0.15, 0.2) is 18.2 Å².